The summed E-state index contributed by atoms with van der Waals surface area (Å²) in [4.78, 5) is 13.5. The van der Waals surface area contributed by atoms with Gasteiger partial charge in [-0.25, -0.2) is 9.97 Å². The molecule has 5 nitrogen and oxygen atoms in total. The van der Waals surface area contributed by atoms with E-state index in [1.54, 1.807) is 29.3 Å². The molecule has 0 spiro atoms. The van der Waals surface area contributed by atoms with Crippen LogP contribution in [0.3, 0.4) is 0 Å². The van der Waals surface area contributed by atoms with Crippen LogP contribution in [0.5, 0.6) is 0 Å². The van der Waals surface area contributed by atoms with Gasteiger partial charge in [0.05, 0.1) is 11.4 Å². The molecule has 21 heavy (non-hydrogen) atoms. The standard InChI is InChI=1S/C14H13N5S2/c1-2-6-15-11(3-1)13-16-10(7-20-13)8-21-14-17-12(18-19-14)9-4-5-9/h1-3,6-7,9H,4-5,8H2,(H,17,18,19). The van der Waals surface area contributed by atoms with Crippen LogP contribution in [-0.2, 0) is 5.75 Å². The van der Waals surface area contributed by atoms with Crippen molar-refractivity contribution in [3.8, 4) is 10.7 Å². The molecule has 7 heteroatoms. The molecular weight excluding hydrogens is 302 g/mol. The Kier molecular flexibility index (Phi) is 3.44. The molecule has 3 aromatic rings. The lowest BCUT2D eigenvalue weighted by Crippen LogP contribution is -1.85. The molecule has 3 aromatic heterocycles. The minimum atomic E-state index is 0.613. The predicted molar refractivity (Wildman–Crippen MR) is 83.3 cm³/mol. The Morgan fingerprint density at radius 3 is 3.05 bits per heavy atom. The number of H-pyrrole nitrogens is 1. The molecule has 0 atom stereocenters. The summed E-state index contributed by atoms with van der Waals surface area (Å²) in [5, 5.41) is 11.1. The third-order valence-electron chi connectivity index (χ3n) is 3.23. The molecule has 0 radical (unpaired) electrons. The van der Waals surface area contributed by atoms with Gasteiger partial charge in [-0.15, -0.1) is 16.4 Å². The van der Waals surface area contributed by atoms with E-state index in [0.29, 0.717) is 5.92 Å². The molecule has 4 rings (SSSR count). The van der Waals surface area contributed by atoms with Crippen LogP contribution in [0.25, 0.3) is 10.7 Å². The van der Waals surface area contributed by atoms with Crippen LogP contribution >= 0.6 is 23.1 Å². The Balaban J connectivity index is 1.41. The van der Waals surface area contributed by atoms with E-state index in [-0.39, 0.29) is 0 Å². The van der Waals surface area contributed by atoms with Gasteiger partial charge in [0.1, 0.15) is 10.8 Å². The molecule has 1 aliphatic carbocycles. The van der Waals surface area contributed by atoms with E-state index >= 15 is 0 Å². The normalized spacial score (nSPS) is 14.5. The van der Waals surface area contributed by atoms with Crippen LogP contribution in [0.1, 0.15) is 30.3 Å². The number of nitrogens with one attached hydrogen (secondary N) is 1. The number of aromatic nitrogens is 5. The van der Waals surface area contributed by atoms with Crippen molar-refractivity contribution in [1.82, 2.24) is 25.1 Å². The first-order valence-electron chi connectivity index (χ1n) is 6.79. The van der Waals surface area contributed by atoms with Crippen molar-refractivity contribution in [2.45, 2.75) is 29.7 Å². The van der Waals surface area contributed by atoms with Gasteiger partial charge in [0, 0.05) is 23.2 Å². The molecular formula is C14H13N5S2. The van der Waals surface area contributed by atoms with E-state index in [4.69, 9.17) is 0 Å². The maximum atomic E-state index is 4.62. The van der Waals surface area contributed by atoms with Gasteiger partial charge < -0.3 is 0 Å². The molecule has 1 N–H and O–H groups in total. The Bertz CT molecular complexity index is 733. The van der Waals surface area contributed by atoms with Gasteiger partial charge in [0.15, 0.2) is 0 Å². The fraction of sp³-hybridized carbons (Fsp3) is 0.286. The SMILES string of the molecule is c1ccc(-c2nc(CSc3n[nH]c(C4CC4)n3)cs2)nc1. The third kappa shape index (κ3) is 2.98. The first-order valence-corrected chi connectivity index (χ1v) is 8.66. The van der Waals surface area contributed by atoms with Crippen molar-refractivity contribution in [2.24, 2.45) is 0 Å². The number of rotatable bonds is 5. The van der Waals surface area contributed by atoms with Gasteiger partial charge in [-0.05, 0) is 25.0 Å². The molecule has 1 saturated carbocycles. The lowest BCUT2D eigenvalue weighted by atomic mass is 10.4. The number of pyridine rings is 1. The van der Waals surface area contributed by atoms with Crippen LogP contribution in [-0.4, -0.2) is 25.1 Å². The molecule has 0 aliphatic heterocycles. The molecule has 0 bridgehead atoms. The Morgan fingerprint density at radius 1 is 1.29 bits per heavy atom. The first-order chi connectivity index (χ1) is 10.4. The highest BCUT2D eigenvalue weighted by atomic mass is 32.2. The van der Waals surface area contributed by atoms with Crippen molar-refractivity contribution in [2.75, 3.05) is 0 Å². The molecule has 0 amide bonds. The highest BCUT2D eigenvalue weighted by Crippen LogP contribution is 2.38. The molecule has 0 aromatic carbocycles. The fourth-order valence-corrected chi connectivity index (χ4v) is 3.58. The summed E-state index contributed by atoms with van der Waals surface area (Å²) in [6, 6.07) is 5.87. The minimum absolute atomic E-state index is 0.613. The number of aromatic amines is 1. The summed E-state index contributed by atoms with van der Waals surface area (Å²) in [5.41, 5.74) is 1.97. The highest BCUT2D eigenvalue weighted by molar-refractivity contribution is 7.98. The van der Waals surface area contributed by atoms with Crippen molar-refractivity contribution in [3.05, 3.63) is 41.3 Å². The van der Waals surface area contributed by atoms with Gasteiger partial charge in [0.2, 0.25) is 5.16 Å². The maximum absolute atomic E-state index is 4.62. The largest absolute Gasteiger partial charge is 0.262 e. The molecule has 1 aliphatic rings. The summed E-state index contributed by atoms with van der Waals surface area (Å²) in [7, 11) is 0. The van der Waals surface area contributed by atoms with Crippen LogP contribution < -0.4 is 0 Å². The summed E-state index contributed by atoms with van der Waals surface area (Å²) in [6.07, 6.45) is 4.26. The second-order valence-corrected chi connectivity index (χ2v) is 6.73. The average molecular weight is 315 g/mol. The second kappa shape index (κ2) is 5.57. The van der Waals surface area contributed by atoms with Crippen LogP contribution in [0, 0.1) is 0 Å². The lowest BCUT2D eigenvalue weighted by Gasteiger charge is -1.94. The van der Waals surface area contributed by atoms with E-state index in [1.165, 1.54) is 12.8 Å². The van der Waals surface area contributed by atoms with Crippen LogP contribution in [0.15, 0.2) is 34.9 Å². The number of hydrogen-bond acceptors (Lipinski definition) is 6. The smallest absolute Gasteiger partial charge is 0.208 e. The Morgan fingerprint density at radius 2 is 2.24 bits per heavy atom. The molecule has 0 saturated heterocycles. The zero-order valence-corrected chi connectivity index (χ0v) is 12.8. The topological polar surface area (TPSA) is 67.3 Å². The highest BCUT2D eigenvalue weighted by Gasteiger charge is 2.27. The van der Waals surface area contributed by atoms with E-state index in [1.807, 2.05) is 18.2 Å². The predicted octanol–water partition coefficient (Wildman–Crippen LogP) is 3.49. The van der Waals surface area contributed by atoms with E-state index < -0.39 is 0 Å². The zero-order valence-electron chi connectivity index (χ0n) is 11.2. The molecule has 3 heterocycles. The third-order valence-corrected chi connectivity index (χ3v) is 5.03. The average Bonchev–Trinajstić information content (AvgIpc) is 3.09. The lowest BCUT2D eigenvalue weighted by molar-refractivity contribution is 0.932. The van der Waals surface area contributed by atoms with E-state index in [9.17, 15) is 0 Å². The van der Waals surface area contributed by atoms with Crippen molar-refractivity contribution in [3.63, 3.8) is 0 Å². The molecule has 1 fully saturated rings. The number of nitrogens with zero attached hydrogens (tertiary/aromatic N) is 4. The van der Waals surface area contributed by atoms with Gasteiger partial charge >= 0.3 is 0 Å². The van der Waals surface area contributed by atoms with Crippen molar-refractivity contribution >= 4 is 23.1 Å². The Hall–Kier alpha value is -1.73. The quantitative estimate of drug-likeness (QED) is 0.730. The summed E-state index contributed by atoms with van der Waals surface area (Å²) in [5.74, 6) is 2.43. The van der Waals surface area contributed by atoms with Crippen molar-refractivity contribution in [1.29, 1.82) is 0 Å². The number of hydrogen-bond donors (Lipinski definition) is 1. The molecule has 0 unspecified atom stereocenters. The molecule has 106 valence electrons. The van der Waals surface area contributed by atoms with Crippen LogP contribution in [0.4, 0.5) is 0 Å². The van der Waals surface area contributed by atoms with Gasteiger partial charge in [-0.1, -0.05) is 17.8 Å². The zero-order chi connectivity index (χ0) is 14.1. The van der Waals surface area contributed by atoms with Gasteiger partial charge in [-0.2, -0.15) is 0 Å². The summed E-state index contributed by atoms with van der Waals surface area (Å²) < 4.78 is 0. The minimum Gasteiger partial charge on any atom is -0.262 e. The first kappa shape index (κ1) is 13.0. The second-order valence-electron chi connectivity index (χ2n) is 4.93. The summed E-state index contributed by atoms with van der Waals surface area (Å²) >= 11 is 3.24. The summed E-state index contributed by atoms with van der Waals surface area (Å²) in [6.45, 7) is 0. The fourth-order valence-electron chi connectivity index (χ4n) is 1.98. The number of thiazole rings is 1. The van der Waals surface area contributed by atoms with Gasteiger partial charge in [0.25, 0.3) is 0 Å². The number of thioether (sulfide) groups is 1. The van der Waals surface area contributed by atoms with Gasteiger partial charge in [-0.3, -0.25) is 10.1 Å². The van der Waals surface area contributed by atoms with E-state index in [2.05, 4.69) is 30.5 Å². The van der Waals surface area contributed by atoms with E-state index in [0.717, 1.165) is 33.1 Å². The maximum Gasteiger partial charge on any atom is 0.208 e. The Labute approximate surface area is 130 Å². The van der Waals surface area contributed by atoms with Crippen molar-refractivity contribution < 1.29 is 0 Å². The van der Waals surface area contributed by atoms with Crippen LogP contribution in [0.2, 0.25) is 0 Å². The monoisotopic (exact) mass is 315 g/mol.